The molecule has 0 amide bonds. The van der Waals surface area contributed by atoms with Crippen molar-refractivity contribution in [3.05, 3.63) is 71.8 Å². The van der Waals surface area contributed by atoms with Crippen molar-refractivity contribution in [3.63, 3.8) is 0 Å². The van der Waals surface area contributed by atoms with E-state index in [0.29, 0.717) is 23.8 Å². The first-order valence-electron chi connectivity index (χ1n) is 8.77. The van der Waals surface area contributed by atoms with E-state index in [-0.39, 0.29) is 5.54 Å². The zero-order chi connectivity index (χ0) is 16.6. The van der Waals surface area contributed by atoms with Crippen LogP contribution in [0.1, 0.15) is 50.7 Å². The van der Waals surface area contributed by atoms with Crippen molar-refractivity contribution in [2.45, 2.75) is 51.1 Å². The lowest BCUT2D eigenvalue weighted by Gasteiger charge is -2.36. The molecule has 23 heavy (non-hydrogen) atoms. The molecule has 2 aromatic carbocycles. The van der Waals surface area contributed by atoms with E-state index in [1.807, 2.05) is 0 Å². The van der Waals surface area contributed by atoms with E-state index in [4.69, 9.17) is 0 Å². The van der Waals surface area contributed by atoms with E-state index >= 15 is 0 Å². The summed E-state index contributed by atoms with van der Waals surface area (Å²) in [5.74, 6) is 1.65. The van der Waals surface area contributed by atoms with Gasteiger partial charge >= 0.3 is 0 Å². The van der Waals surface area contributed by atoms with Crippen molar-refractivity contribution in [2.24, 2.45) is 5.92 Å². The summed E-state index contributed by atoms with van der Waals surface area (Å²) in [6, 6.07) is 22.7. The molecular formula is C22H29N. The third kappa shape index (κ3) is 2.72. The minimum Gasteiger partial charge on any atom is -0.297 e. The Morgan fingerprint density at radius 3 is 1.78 bits per heavy atom. The third-order valence-corrected chi connectivity index (χ3v) is 5.87. The van der Waals surface area contributed by atoms with Crippen LogP contribution in [0.25, 0.3) is 0 Å². The molecule has 0 saturated carbocycles. The molecule has 1 aliphatic heterocycles. The number of hydrogen-bond donors (Lipinski definition) is 0. The van der Waals surface area contributed by atoms with Crippen LogP contribution in [0.3, 0.4) is 0 Å². The molecule has 0 bridgehead atoms. The molecule has 0 radical (unpaired) electrons. The van der Waals surface area contributed by atoms with Crippen LogP contribution in [0.4, 0.5) is 0 Å². The zero-order valence-corrected chi connectivity index (χ0v) is 15.0. The maximum atomic E-state index is 2.62. The number of benzene rings is 2. The van der Waals surface area contributed by atoms with Gasteiger partial charge in [-0.15, -0.1) is 0 Å². The first kappa shape index (κ1) is 16.3. The van der Waals surface area contributed by atoms with Gasteiger partial charge < -0.3 is 0 Å². The fourth-order valence-corrected chi connectivity index (χ4v) is 4.68. The molecule has 0 aromatic heterocycles. The zero-order valence-electron chi connectivity index (χ0n) is 15.0. The molecule has 0 spiro atoms. The summed E-state index contributed by atoms with van der Waals surface area (Å²) < 4.78 is 0. The summed E-state index contributed by atoms with van der Waals surface area (Å²) in [7, 11) is 2.31. The normalized spacial score (nSPS) is 27.5. The average Bonchev–Trinajstić information content (AvgIpc) is 2.76. The van der Waals surface area contributed by atoms with Crippen molar-refractivity contribution >= 4 is 0 Å². The summed E-state index contributed by atoms with van der Waals surface area (Å²) in [5, 5.41) is 0. The summed E-state index contributed by atoms with van der Waals surface area (Å²) in [5.41, 5.74) is 3.07. The second kappa shape index (κ2) is 6.13. The molecule has 2 aromatic rings. The Balaban J connectivity index is 2.16. The highest BCUT2D eigenvalue weighted by molar-refractivity contribution is 5.36. The Morgan fingerprint density at radius 1 is 0.826 bits per heavy atom. The van der Waals surface area contributed by atoms with E-state index in [1.165, 1.54) is 11.1 Å². The van der Waals surface area contributed by atoms with Gasteiger partial charge in [0.15, 0.2) is 0 Å². The molecule has 1 saturated heterocycles. The number of rotatable bonds is 3. The number of likely N-dealkylation sites (tertiary alicyclic amines) is 1. The Hall–Kier alpha value is -1.60. The second-order valence-electron chi connectivity index (χ2n) is 7.82. The van der Waals surface area contributed by atoms with Gasteiger partial charge in [0.05, 0.1) is 0 Å². The Morgan fingerprint density at radius 2 is 1.30 bits per heavy atom. The van der Waals surface area contributed by atoms with E-state index in [1.54, 1.807) is 0 Å². The van der Waals surface area contributed by atoms with Gasteiger partial charge in [-0.1, -0.05) is 74.5 Å². The molecule has 0 unspecified atom stereocenters. The van der Waals surface area contributed by atoms with E-state index in [9.17, 15) is 0 Å². The minimum absolute atomic E-state index is 0.136. The Labute approximate surface area is 141 Å². The van der Waals surface area contributed by atoms with Crippen molar-refractivity contribution in [1.82, 2.24) is 4.90 Å². The van der Waals surface area contributed by atoms with Crippen molar-refractivity contribution < 1.29 is 0 Å². The molecule has 122 valence electrons. The second-order valence-corrected chi connectivity index (χ2v) is 7.82. The highest BCUT2D eigenvalue weighted by Crippen LogP contribution is 2.54. The molecular weight excluding hydrogens is 278 g/mol. The largest absolute Gasteiger partial charge is 0.297 e. The van der Waals surface area contributed by atoms with Gasteiger partial charge in [-0.05, 0) is 37.9 Å². The fourth-order valence-electron chi connectivity index (χ4n) is 4.68. The monoisotopic (exact) mass is 307 g/mol. The summed E-state index contributed by atoms with van der Waals surface area (Å²) in [6.45, 7) is 9.53. The Bertz CT molecular complexity index is 630. The molecule has 3 rings (SSSR count). The number of likely N-dealkylation sites (N-methyl/N-ethyl adjacent to an activating group) is 1. The van der Waals surface area contributed by atoms with Gasteiger partial charge in [0.1, 0.15) is 0 Å². The van der Waals surface area contributed by atoms with Crippen LogP contribution in [0.5, 0.6) is 0 Å². The number of nitrogens with zero attached hydrogens (tertiary/aromatic N) is 1. The maximum Gasteiger partial charge on any atom is 0.0228 e. The molecule has 1 heteroatoms. The first-order valence-corrected chi connectivity index (χ1v) is 8.77. The maximum absolute atomic E-state index is 2.62. The van der Waals surface area contributed by atoms with Crippen molar-refractivity contribution in [1.29, 1.82) is 0 Å². The van der Waals surface area contributed by atoms with Gasteiger partial charge in [-0.3, -0.25) is 4.90 Å². The molecule has 0 aliphatic carbocycles. The standard InChI is InChI=1S/C22H29N/c1-16(2)21-19(17-12-8-6-9-13-17)20(22(3,4)23(21)5)18-14-10-7-11-15-18/h6-16,19-21H,1-5H3/t19-,20-,21+/m0/s1. The smallest absolute Gasteiger partial charge is 0.0228 e. The predicted octanol–water partition coefficient (Wildman–Crippen LogP) is 5.30. The van der Waals surface area contributed by atoms with Crippen LogP contribution in [-0.4, -0.2) is 23.5 Å². The average molecular weight is 307 g/mol. The van der Waals surface area contributed by atoms with Crippen LogP contribution in [0.2, 0.25) is 0 Å². The van der Waals surface area contributed by atoms with Crippen molar-refractivity contribution in [3.8, 4) is 0 Å². The highest BCUT2D eigenvalue weighted by Gasteiger charge is 2.53. The Kier molecular flexibility index (Phi) is 4.33. The van der Waals surface area contributed by atoms with E-state index in [0.717, 1.165) is 0 Å². The SMILES string of the molecule is CC(C)[C@@H]1[C@@H](c2ccccc2)[C@H](c2ccccc2)C(C)(C)N1C. The molecule has 3 atom stereocenters. The lowest BCUT2D eigenvalue weighted by atomic mass is 9.72. The van der Waals surface area contributed by atoms with E-state index in [2.05, 4.69) is 100 Å². The van der Waals surface area contributed by atoms with Crippen LogP contribution in [0.15, 0.2) is 60.7 Å². The molecule has 1 heterocycles. The van der Waals surface area contributed by atoms with Gasteiger partial charge in [0.2, 0.25) is 0 Å². The quantitative estimate of drug-likeness (QED) is 0.743. The summed E-state index contributed by atoms with van der Waals surface area (Å²) in [6.07, 6.45) is 0. The van der Waals surface area contributed by atoms with Crippen LogP contribution in [-0.2, 0) is 0 Å². The molecule has 1 aliphatic rings. The van der Waals surface area contributed by atoms with Gasteiger partial charge in [0.25, 0.3) is 0 Å². The minimum atomic E-state index is 0.136. The van der Waals surface area contributed by atoms with Crippen LogP contribution in [0, 0.1) is 5.92 Å². The molecule has 1 nitrogen and oxygen atoms in total. The fraction of sp³-hybridized carbons (Fsp3) is 0.455. The molecule has 1 fully saturated rings. The van der Waals surface area contributed by atoms with Gasteiger partial charge in [-0.2, -0.15) is 0 Å². The van der Waals surface area contributed by atoms with Gasteiger partial charge in [-0.25, -0.2) is 0 Å². The lowest BCUT2D eigenvalue weighted by molar-refractivity contribution is 0.132. The topological polar surface area (TPSA) is 3.24 Å². The molecule has 0 N–H and O–H groups in total. The van der Waals surface area contributed by atoms with Crippen LogP contribution >= 0.6 is 0 Å². The first-order chi connectivity index (χ1) is 10.9. The van der Waals surface area contributed by atoms with Gasteiger partial charge in [0, 0.05) is 23.4 Å². The third-order valence-electron chi connectivity index (χ3n) is 5.87. The summed E-state index contributed by atoms with van der Waals surface area (Å²) >= 11 is 0. The lowest BCUT2D eigenvalue weighted by Crippen LogP contribution is -2.43. The number of hydrogen-bond acceptors (Lipinski definition) is 1. The summed E-state index contributed by atoms with van der Waals surface area (Å²) in [4.78, 5) is 2.62. The van der Waals surface area contributed by atoms with Crippen molar-refractivity contribution in [2.75, 3.05) is 7.05 Å². The van der Waals surface area contributed by atoms with Crippen LogP contribution < -0.4 is 0 Å². The predicted molar refractivity (Wildman–Crippen MR) is 98.8 cm³/mol. The highest BCUT2D eigenvalue weighted by atomic mass is 15.2. The van der Waals surface area contributed by atoms with E-state index < -0.39 is 0 Å².